The zero-order valence-electron chi connectivity index (χ0n) is 11.7. The largest absolute Gasteiger partial charge is 0.416 e. The van der Waals surface area contributed by atoms with Gasteiger partial charge in [0.25, 0.3) is 0 Å². The van der Waals surface area contributed by atoms with E-state index in [1.807, 2.05) is 13.8 Å². The Morgan fingerprint density at radius 1 is 1.20 bits per heavy atom. The highest BCUT2D eigenvalue weighted by Crippen LogP contribution is 2.29. The van der Waals surface area contributed by atoms with Crippen LogP contribution >= 0.6 is 0 Å². The Morgan fingerprint density at radius 3 is 2.45 bits per heavy atom. The van der Waals surface area contributed by atoms with Crippen LogP contribution in [0.25, 0.3) is 0 Å². The van der Waals surface area contributed by atoms with Crippen molar-refractivity contribution in [3.8, 4) is 0 Å². The molecule has 0 aromatic heterocycles. The van der Waals surface area contributed by atoms with Gasteiger partial charge < -0.3 is 10.1 Å². The fourth-order valence-electron chi connectivity index (χ4n) is 2.69. The fourth-order valence-corrected chi connectivity index (χ4v) is 2.69. The Labute approximate surface area is 117 Å². The van der Waals surface area contributed by atoms with Gasteiger partial charge >= 0.3 is 6.18 Å². The van der Waals surface area contributed by atoms with Crippen LogP contribution in [0.1, 0.15) is 37.8 Å². The van der Waals surface area contributed by atoms with Crippen molar-refractivity contribution in [1.82, 2.24) is 5.32 Å². The van der Waals surface area contributed by atoms with Gasteiger partial charge in [0.15, 0.2) is 0 Å². The molecule has 0 spiro atoms. The van der Waals surface area contributed by atoms with Crippen LogP contribution in [0.5, 0.6) is 0 Å². The van der Waals surface area contributed by atoms with E-state index in [9.17, 15) is 13.2 Å². The molecule has 5 heteroatoms. The molecule has 2 atom stereocenters. The van der Waals surface area contributed by atoms with Crippen LogP contribution < -0.4 is 5.32 Å². The Bertz CT molecular complexity index is 437. The molecule has 1 aromatic rings. The lowest BCUT2D eigenvalue weighted by molar-refractivity contribution is -0.137. The van der Waals surface area contributed by atoms with Crippen LogP contribution in [0.3, 0.4) is 0 Å². The lowest BCUT2D eigenvalue weighted by atomic mass is 9.99. The lowest BCUT2D eigenvalue weighted by Gasteiger charge is -2.32. The summed E-state index contributed by atoms with van der Waals surface area (Å²) in [6.07, 6.45) is -2.11. The third-order valence-electron chi connectivity index (χ3n) is 3.55. The first-order valence-corrected chi connectivity index (χ1v) is 6.89. The van der Waals surface area contributed by atoms with Crippen molar-refractivity contribution in [1.29, 1.82) is 0 Å². The standard InChI is InChI=1S/C15H20F3NO/c1-10-6-14(7-11(2)20-10)19-9-12-4-3-5-13(8-12)15(16,17)18/h3-5,8,10-11,14,19H,6-7,9H2,1-2H3. The van der Waals surface area contributed by atoms with Crippen molar-refractivity contribution in [2.45, 2.75) is 57.7 Å². The summed E-state index contributed by atoms with van der Waals surface area (Å²) in [5.41, 5.74) is 0.0668. The summed E-state index contributed by atoms with van der Waals surface area (Å²) in [7, 11) is 0. The molecule has 0 aliphatic carbocycles. The van der Waals surface area contributed by atoms with E-state index in [0.29, 0.717) is 18.2 Å². The quantitative estimate of drug-likeness (QED) is 0.914. The molecule has 1 N–H and O–H groups in total. The van der Waals surface area contributed by atoms with Gasteiger partial charge in [0.2, 0.25) is 0 Å². The number of hydrogen-bond acceptors (Lipinski definition) is 2. The fraction of sp³-hybridized carbons (Fsp3) is 0.600. The van der Waals surface area contributed by atoms with Crippen LogP contribution in [0.2, 0.25) is 0 Å². The van der Waals surface area contributed by atoms with E-state index in [4.69, 9.17) is 4.74 Å². The normalized spacial score (nSPS) is 27.6. The van der Waals surface area contributed by atoms with Gasteiger partial charge in [-0.15, -0.1) is 0 Å². The highest BCUT2D eigenvalue weighted by atomic mass is 19.4. The second kappa shape index (κ2) is 6.14. The van der Waals surface area contributed by atoms with Gasteiger partial charge in [-0.1, -0.05) is 18.2 Å². The second-order valence-electron chi connectivity index (χ2n) is 5.50. The Morgan fingerprint density at radius 2 is 1.85 bits per heavy atom. The summed E-state index contributed by atoms with van der Waals surface area (Å²) in [4.78, 5) is 0. The van der Waals surface area contributed by atoms with Gasteiger partial charge in [-0.25, -0.2) is 0 Å². The molecule has 112 valence electrons. The highest BCUT2D eigenvalue weighted by Gasteiger charge is 2.30. The van der Waals surface area contributed by atoms with Crippen LogP contribution in [0, 0.1) is 0 Å². The first-order valence-electron chi connectivity index (χ1n) is 6.89. The predicted molar refractivity (Wildman–Crippen MR) is 71.3 cm³/mol. The molecule has 1 aliphatic heterocycles. The van der Waals surface area contributed by atoms with Crippen molar-refractivity contribution in [2.75, 3.05) is 0 Å². The van der Waals surface area contributed by atoms with Crippen LogP contribution in [0.15, 0.2) is 24.3 Å². The maximum Gasteiger partial charge on any atom is 0.416 e. The summed E-state index contributed by atoms with van der Waals surface area (Å²) in [5, 5.41) is 3.33. The Hall–Kier alpha value is -1.07. The topological polar surface area (TPSA) is 21.3 Å². The van der Waals surface area contributed by atoms with Gasteiger partial charge in [0.05, 0.1) is 17.8 Å². The van der Waals surface area contributed by atoms with Crippen molar-refractivity contribution < 1.29 is 17.9 Å². The molecule has 1 aromatic carbocycles. The smallest absolute Gasteiger partial charge is 0.375 e. The maximum atomic E-state index is 12.6. The average molecular weight is 287 g/mol. The molecule has 20 heavy (non-hydrogen) atoms. The summed E-state index contributed by atoms with van der Waals surface area (Å²) in [6.45, 7) is 4.50. The van der Waals surface area contributed by atoms with Gasteiger partial charge in [0.1, 0.15) is 0 Å². The van der Waals surface area contributed by atoms with Gasteiger partial charge in [-0.2, -0.15) is 13.2 Å². The van der Waals surface area contributed by atoms with E-state index in [1.54, 1.807) is 6.07 Å². The van der Waals surface area contributed by atoms with Crippen LogP contribution in [-0.2, 0) is 17.5 Å². The zero-order valence-corrected chi connectivity index (χ0v) is 11.7. The molecule has 0 saturated carbocycles. The molecule has 1 aliphatic rings. The number of benzene rings is 1. The molecule has 2 rings (SSSR count). The van der Waals surface area contributed by atoms with Crippen LogP contribution in [0.4, 0.5) is 13.2 Å². The van der Waals surface area contributed by atoms with Crippen molar-refractivity contribution in [3.63, 3.8) is 0 Å². The number of halogens is 3. The maximum absolute atomic E-state index is 12.6. The molecule has 0 amide bonds. The minimum absolute atomic E-state index is 0.192. The summed E-state index contributed by atoms with van der Waals surface area (Å²) in [6, 6.07) is 5.77. The minimum Gasteiger partial charge on any atom is -0.375 e. The van der Waals surface area contributed by atoms with Crippen LogP contribution in [-0.4, -0.2) is 18.2 Å². The van der Waals surface area contributed by atoms with Crippen molar-refractivity contribution in [3.05, 3.63) is 35.4 Å². The summed E-state index contributed by atoms with van der Waals surface area (Å²) in [5.74, 6) is 0. The predicted octanol–water partition coefficient (Wildman–Crippen LogP) is 3.75. The first-order chi connectivity index (χ1) is 9.34. The number of nitrogens with one attached hydrogen (secondary N) is 1. The molecule has 1 heterocycles. The molecule has 0 bridgehead atoms. The molecular formula is C15H20F3NO. The number of rotatable bonds is 3. The average Bonchev–Trinajstić information content (AvgIpc) is 2.35. The third kappa shape index (κ3) is 4.21. The number of hydrogen-bond donors (Lipinski definition) is 1. The van der Waals surface area contributed by atoms with E-state index in [0.717, 1.165) is 18.9 Å². The molecule has 1 fully saturated rings. The van der Waals surface area contributed by atoms with Crippen molar-refractivity contribution in [2.24, 2.45) is 0 Å². The Balaban J connectivity index is 1.94. The monoisotopic (exact) mass is 287 g/mol. The number of ether oxygens (including phenoxy) is 1. The highest BCUT2D eigenvalue weighted by molar-refractivity contribution is 5.25. The molecule has 1 saturated heterocycles. The SMILES string of the molecule is CC1CC(NCc2cccc(C(F)(F)F)c2)CC(C)O1. The van der Waals surface area contributed by atoms with E-state index >= 15 is 0 Å². The van der Waals surface area contributed by atoms with Gasteiger partial charge in [-0.3, -0.25) is 0 Å². The molecule has 2 unspecified atom stereocenters. The van der Waals surface area contributed by atoms with E-state index in [1.165, 1.54) is 12.1 Å². The van der Waals surface area contributed by atoms with E-state index in [-0.39, 0.29) is 12.2 Å². The van der Waals surface area contributed by atoms with Gasteiger partial charge in [0, 0.05) is 12.6 Å². The molecular weight excluding hydrogens is 267 g/mol. The summed E-state index contributed by atoms with van der Waals surface area (Å²) < 4.78 is 43.5. The van der Waals surface area contributed by atoms with Crippen molar-refractivity contribution >= 4 is 0 Å². The zero-order chi connectivity index (χ0) is 14.8. The second-order valence-corrected chi connectivity index (χ2v) is 5.50. The Kier molecular flexibility index (Phi) is 4.70. The minimum atomic E-state index is -4.28. The van der Waals surface area contributed by atoms with E-state index < -0.39 is 11.7 Å². The summed E-state index contributed by atoms with van der Waals surface area (Å²) >= 11 is 0. The number of alkyl halides is 3. The third-order valence-corrected chi connectivity index (χ3v) is 3.55. The van der Waals surface area contributed by atoms with Gasteiger partial charge in [-0.05, 0) is 38.3 Å². The first kappa shape index (κ1) is 15.3. The molecule has 2 nitrogen and oxygen atoms in total. The molecule has 0 radical (unpaired) electrons. The van der Waals surface area contributed by atoms with E-state index in [2.05, 4.69) is 5.32 Å². The lowest BCUT2D eigenvalue weighted by Crippen LogP contribution is -2.40.